The Bertz CT molecular complexity index is 785. The molecule has 2 rings (SSSR count). The number of hydrogen-bond acceptors (Lipinski definition) is 5. The molecule has 126 valence electrons. The molecule has 0 saturated heterocycles. The Balaban J connectivity index is 1.86. The van der Waals surface area contributed by atoms with E-state index in [-0.39, 0.29) is 16.7 Å². The number of aryl methyl sites for hydroxylation is 1. The number of thiophene rings is 1. The number of carbonyl (C=O) groups excluding carboxylic acids is 1. The van der Waals surface area contributed by atoms with Gasteiger partial charge in [-0.2, -0.15) is 4.31 Å². The van der Waals surface area contributed by atoms with E-state index in [1.54, 1.807) is 6.20 Å². The number of nitrogens with one attached hydrogen (secondary N) is 1. The summed E-state index contributed by atoms with van der Waals surface area (Å²) in [5, 5.41) is 2.69. The molecule has 7 nitrogen and oxygen atoms in total. The van der Waals surface area contributed by atoms with Crippen LogP contribution in [0.15, 0.2) is 28.7 Å². The minimum Gasteiger partial charge on any atom is -0.355 e. The number of likely N-dealkylation sites (N-methyl/N-ethyl adjacent to an activating group) is 1. The third-order valence-corrected chi connectivity index (χ3v) is 6.67. The van der Waals surface area contributed by atoms with Gasteiger partial charge in [0, 0.05) is 39.5 Å². The molecule has 0 spiro atoms. The molecule has 0 aliphatic carbocycles. The van der Waals surface area contributed by atoms with Gasteiger partial charge < -0.3 is 9.88 Å². The lowest BCUT2D eigenvalue weighted by atomic mass is 10.4. The molecular weight excluding hydrogens is 360 g/mol. The number of sulfonamides is 1. The van der Waals surface area contributed by atoms with E-state index in [1.807, 2.05) is 17.8 Å². The zero-order valence-electron chi connectivity index (χ0n) is 12.7. The molecule has 0 bridgehead atoms. The molecule has 23 heavy (non-hydrogen) atoms. The molecule has 0 atom stereocenters. The van der Waals surface area contributed by atoms with E-state index in [0.717, 1.165) is 21.5 Å². The maximum absolute atomic E-state index is 12.3. The minimum atomic E-state index is -3.70. The summed E-state index contributed by atoms with van der Waals surface area (Å²) < 4.78 is 27.9. The number of carbonyl (C=O) groups is 1. The lowest BCUT2D eigenvalue weighted by molar-refractivity contribution is -0.121. The summed E-state index contributed by atoms with van der Waals surface area (Å²) >= 11 is 6.72. The fourth-order valence-corrected chi connectivity index (χ4v) is 4.70. The maximum Gasteiger partial charge on any atom is 0.252 e. The fourth-order valence-electron chi connectivity index (χ4n) is 1.88. The second-order valence-corrected chi connectivity index (χ2v) is 8.86. The third-order valence-electron chi connectivity index (χ3n) is 3.17. The van der Waals surface area contributed by atoms with Crippen LogP contribution in [0.2, 0.25) is 4.34 Å². The first kappa shape index (κ1) is 17.9. The van der Waals surface area contributed by atoms with Gasteiger partial charge >= 0.3 is 0 Å². The van der Waals surface area contributed by atoms with E-state index in [0.29, 0.717) is 17.3 Å². The third kappa shape index (κ3) is 4.54. The van der Waals surface area contributed by atoms with Gasteiger partial charge in [0.1, 0.15) is 10.0 Å². The number of halogens is 1. The van der Waals surface area contributed by atoms with Crippen LogP contribution in [0.25, 0.3) is 0 Å². The fraction of sp³-hybridized carbons (Fsp3) is 0.385. The number of nitrogens with zero attached hydrogens (tertiary/aromatic N) is 3. The first-order valence-electron chi connectivity index (χ1n) is 6.75. The van der Waals surface area contributed by atoms with Gasteiger partial charge in [-0.25, -0.2) is 13.4 Å². The Labute approximate surface area is 143 Å². The molecule has 10 heteroatoms. The Kier molecular flexibility index (Phi) is 5.79. The molecule has 0 radical (unpaired) electrons. The van der Waals surface area contributed by atoms with Crippen molar-refractivity contribution in [1.29, 1.82) is 0 Å². The van der Waals surface area contributed by atoms with Gasteiger partial charge in [-0.15, -0.1) is 11.3 Å². The maximum atomic E-state index is 12.3. The van der Waals surface area contributed by atoms with Crippen LogP contribution in [-0.4, -0.2) is 48.3 Å². The molecule has 1 amide bonds. The summed E-state index contributed by atoms with van der Waals surface area (Å²) in [7, 11) is -0.464. The van der Waals surface area contributed by atoms with Crippen molar-refractivity contribution in [2.24, 2.45) is 7.05 Å². The van der Waals surface area contributed by atoms with Crippen LogP contribution in [0, 0.1) is 0 Å². The highest BCUT2D eigenvalue weighted by Crippen LogP contribution is 2.27. The predicted molar refractivity (Wildman–Crippen MR) is 89.1 cm³/mol. The summed E-state index contributed by atoms with van der Waals surface area (Å²) in [6, 6.07) is 2.94. The monoisotopic (exact) mass is 376 g/mol. The molecule has 0 aliphatic rings. The normalized spacial score (nSPS) is 11.8. The second-order valence-electron chi connectivity index (χ2n) is 4.87. The van der Waals surface area contributed by atoms with Crippen LogP contribution < -0.4 is 5.32 Å². The van der Waals surface area contributed by atoms with Crippen molar-refractivity contribution < 1.29 is 13.2 Å². The van der Waals surface area contributed by atoms with Crippen LogP contribution >= 0.6 is 22.9 Å². The first-order chi connectivity index (χ1) is 10.8. The van der Waals surface area contributed by atoms with Gasteiger partial charge in [-0.1, -0.05) is 11.6 Å². The second kappa shape index (κ2) is 7.43. The zero-order valence-corrected chi connectivity index (χ0v) is 15.1. The van der Waals surface area contributed by atoms with Gasteiger partial charge in [0.15, 0.2) is 0 Å². The van der Waals surface area contributed by atoms with E-state index < -0.39 is 10.0 Å². The number of rotatable bonds is 7. The predicted octanol–water partition coefficient (Wildman–Crippen LogP) is 1.11. The SMILES string of the molecule is CN(CC(=O)NCCc1nccn1C)S(=O)(=O)c1ccc(Cl)s1. The zero-order chi connectivity index (χ0) is 17.0. The van der Waals surface area contributed by atoms with E-state index in [1.165, 1.54) is 19.2 Å². The van der Waals surface area contributed by atoms with E-state index >= 15 is 0 Å². The average Bonchev–Trinajstić information content (AvgIpc) is 3.08. The van der Waals surface area contributed by atoms with Gasteiger partial charge in [0.25, 0.3) is 10.0 Å². The molecule has 2 aromatic rings. The van der Waals surface area contributed by atoms with E-state index in [2.05, 4.69) is 10.3 Å². The molecule has 2 heterocycles. The highest BCUT2D eigenvalue weighted by atomic mass is 35.5. The molecule has 1 N–H and O–H groups in total. The standard InChI is InChI=1S/C13H17ClN4O3S2/c1-17-8-7-15-11(17)5-6-16-12(19)9-18(2)23(20,21)13-4-3-10(14)22-13/h3-4,7-8H,5-6,9H2,1-2H3,(H,16,19). The summed E-state index contributed by atoms with van der Waals surface area (Å²) in [6.45, 7) is 0.140. The first-order valence-corrected chi connectivity index (χ1v) is 9.38. The van der Waals surface area contributed by atoms with Crippen molar-refractivity contribution in [1.82, 2.24) is 19.2 Å². The van der Waals surface area contributed by atoms with Gasteiger partial charge in [-0.05, 0) is 12.1 Å². The highest BCUT2D eigenvalue weighted by Gasteiger charge is 2.24. The average molecular weight is 377 g/mol. The number of aromatic nitrogens is 2. The number of hydrogen-bond donors (Lipinski definition) is 1. The summed E-state index contributed by atoms with van der Waals surface area (Å²) in [4.78, 5) is 16.0. The molecule has 0 fully saturated rings. The quantitative estimate of drug-likeness (QED) is 0.784. The van der Waals surface area contributed by atoms with Crippen LogP contribution in [0.5, 0.6) is 0 Å². The van der Waals surface area contributed by atoms with Crippen LogP contribution in [0.1, 0.15) is 5.82 Å². The van der Waals surface area contributed by atoms with Crippen LogP contribution in [-0.2, 0) is 28.3 Å². The largest absolute Gasteiger partial charge is 0.355 e. The molecule has 0 aromatic carbocycles. The molecular formula is C13H17ClN4O3S2. The van der Waals surface area contributed by atoms with Gasteiger partial charge in [0.05, 0.1) is 10.9 Å². The van der Waals surface area contributed by atoms with Gasteiger partial charge in [-0.3, -0.25) is 4.79 Å². The topological polar surface area (TPSA) is 84.3 Å². The van der Waals surface area contributed by atoms with Crippen molar-refractivity contribution in [3.63, 3.8) is 0 Å². The highest BCUT2D eigenvalue weighted by molar-refractivity contribution is 7.91. The minimum absolute atomic E-state index is 0.116. The Morgan fingerprint density at radius 2 is 2.22 bits per heavy atom. The molecule has 0 unspecified atom stereocenters. The van der Waals surface area contributed by atoms with E-state index in [9.17, 15) is 13.2 Å². The van der Waals surface area contributed by atoms with Crippen molar-refractivity contribution in [2.45, 2.75) is 10.6 Å². The van der Waals surface area contributed by atoms with Crippen LogP contribution in [0.4, 0.5) is 0 Å². The van der Waals surface area contributed by atoms with Crippen LogP contribution in [0.3, 0.4) is 0 Å². The van der Waals surface area contributed by atoms with Crippen molar-refractivity contribution >= 4 is 38.9 Å². The number of imidazole rings is 1. The Morgan fingerprint density at radius 1 is 1.48 bits per heavy atom. The molecule has 0 saturated carbocycles. The summed E-state index contributed by atoms with van der Waals surface area (Å²) in [6.07, 6.45) is 4.08. The Hall–Kier alpha value is -1.42. The molecule has 0 aliphatic heterocycles. The van der Waals surface area contributed by atoms with E-state index in [4.69, 9.17) is 11.6 Å². The lowest BCUT2D eigenvalue weighted by Crippen LogP contribution is -2.38. The van der Waals surface area contributed by atoms with Crippen molar-refractivity contribution in [3.05, 3.63) is 34.7 Å². The summed E-state index contributed by atoms with van der Waals surface area (Å²) in [5.74, 6) is 0.479. The Morgan fingerprint density at radius 3 is 2.78 bits per heavy atom. The number of amides is 1. The van der Waals surface area contributed by atoms with Gasteiger partial charge in [0.2, 0.25) is 5.91 Å². The summed E-state index contributed by atoms with van der Waals surface area (Å²) in [5.41, 5.74) is 0. The molecule has 2 aromatic heterocycles. The van der Waals surface area contributed by atoms with Crippen molar-refractivity contribution in [3.8, 4) is 0 Å². The lowest BCUT2D eigenvalue weighted by Gasteiger charge is -2.15. The smallest absolute Gasteiger partial charge is 0.252 e. The van der Waals surface area contributed by atoms with Crippen molar-refractivity contribution in [2.75, 3.05) is 20.1 Å².